The Bertz CT molecular complexity index is 770. The van der Waals surface area contributed by atoms with Gasteiger partial charge in [0.15, 0.2) is 0 Å². The lowest BCUT2D eigenvalue weighted by molar-refractivity contribution is -0.123. The lowest BCUT2D eigenvalue weighted by atomic mass is 9.77. The molecule has 0 radical (unpaired) electrons. The number of hydrogen-bond donors (Lipinski definition) is 2. The minimum Gasteiger partial charge on any atom is -0.369 e. The minimum absolute atomic E-state index is 0.206. The van der Waals surface area contributed by atoms with Crippen molar-refractivity contribution in [3.05, 3.63) is 70.8 Å². The highest BCUT2D eigenvalue weighted by Gasteiger charge is 2.70. The van der Waals surface area contributed by atoms with Crippen LogP contribution in [0.25, 0.3) is 0 Å². The first kappa shape index (κ1) is 14.5. The monoisotopic (exact) mass is 306 g/mol. The Morgan fingerprint density at radius 2 is 1.91 bits per heavy atom. The highest BCUT2D eigenvalue weighted by Crippen LogP contribution is 2.68. The van der Waals surface area contributed by atoms with E-state index in [2.05, 4.69) is 35.6 Å². The van der Waals surface area contributed by atoms with Crippen LogP contribution in [0.5, 0.6) is 0 Å². The third-order valence-electron chi connectivity index (χ3n) is 5.85. The molecule has 1 heterocycles. The molecule has 0 bridgehead atoms. The summed E-state index contributed by atoms with van der Waals surface area (Å²) in [4.78, 5) is 12.2. The molecule has 3 N–H and O–H groups in total. The van der Waals surface area contributed by atoms with E-state index in [1.807, 2.05) is 25.1 Å². The van der Waals surface area contributed by atoms with Crippen LogP contribution in [0, 0.1) is 5.41 Å². The number of amides is 1. The molecule has 0 saturated heterocycles. The van der Waals surface area contributed by atoms with Crippen LogP contribution in [-0.4, -0.2) is 12.5 Å². The van der Waals surface area contributed by atoms with Gasteiger partial charge in [0.1, 0.15) is 0 Å². The van der Waals surface area contributed by atoms with E-state index in [4.69, 9.17) is 5.73 Å². The summed E-state index contributed by atoms with van der Waals surface area (Å²) in [6.45, 7) is 3.90. The van der Waals surface area contributed by atoms with Gasteiger partial charge in [-0.05, 0) is 48.6 Å². The van der Waals surface area contributed by atoms with Gasteiger partial charge in [-0.25, -0.2) is 0 Å². The number of carbonyl (C=O) groups excluding carboxylic acids is 1. The molecule has 0 aromatic heterocycles. The average Bonchev–Trinajstić information content (AvgIpc) is 3.24. The molecular formula is C20H22N2O. The first-order chi connectivity index (χ1) is 11.1. The molecule has 0 spiro atoms. The molecule has 2 aromatic carbocycles. The number of nitrogens with two attached hydrogens (primary N) is 1. The van der Waals surface area contributed by atoms with E-state index in [0.717, 1.165) is 25.9 Å². The molecule has 4 rings (SSSR count). The first-order valence-corrected chi connectivity index (χ1v) is 8.27. The van der Waals surface area contributed by atoms with E-state index in [1.54, 1.807) is 0 Å². The molecule has 2 unspecified atom stereocenters. The molecule has 2 atom stereocenters. The topological polar surface area (TPSA) is 55.1 Å². The van der Waals surface area contributed by atoms with Crippen LogP contribution in [0.4, 0.5) is 0 Å². The molecule has 1 saturated carbocycles. The molecule has 1 amide bonds. The Morgan fingerprint density at radius 3 is 2.61 bits per heavy atom. The fraction of sp³-hybridized carbons (Fsp3) is 0.350. The van der Waals surface area contributed by atoms with Crippen molar-refractivity contribution in [3.63, 3.8) is 0 Å². The number of carbonyl (C=O) groups is 1. The van der Waals surface area contributed by atoms with Gasteiger partial charge in [-0.1, -0.05) is 48.5 Å². The van der Waals surface area contributed by atoms with Gasteiger partial charge in [-0.3, -0.25) is 4.79 Å². The molecule has 1 aliphatic carbocycles. The molecule has 1 aliphatic heterocycles. The van der Waals surface area contributed by atoms with Gasteiger partial charge in [0.25, 0.3) is 0 Å². The second-order valence-corrected chi connectivity index (χ2v) is 7.01. The van der Waals surface area contributed by atoms with Crippen LogP contribution in [0.1, 0.15) is 35.6 Å². The number of rotatable bonds is 3. The average molecular weight is 306 g/mol. The number of fused-ring (bicyclic) bond motifs is 1. The molecular weight excluding hydrogens is 284 g/mol. The lowest BCUT2D eigenvalue weighted by Gasteiger charge is -2.28. The van der Waals surface area contributed by atoms with Gasteiger partial charge < -0.3 is 11.1 Å². The zero-order valence-corrected chi connectivity index (χ0v) is 13.4. The van der Waals surface area contributed by atoms with Crippen molar-refractivity contribution in [1.82, 2.24) is 5.32 Å². The van der Waals surface area contributed by atoms with Crippen molar-refractivity contribution in [2.45, 2.75) is 31.7 Å². The van der Waals surface area contributed by atoms with Crippen molar-refractivity contribution < 1.29 is 4.79 Å². The van der Waals surface area contributed by atoms with Crippen LogP contribution in [0.15, 0.2) is 48.5 Å². The Kier molecular flexibility index (Phi) is 3.10. The smallest absolute Gasteiger partial charge is 0.224 e. The quantitative estimate of drug-likeness (QED) is 0.915. The van der Waals surface area contributed by atoms with Gasteiger partial charge >= 0.3 is 0 Å². The Hall–Kier alpha value is -2.13. The second-order valence-electron chi connectivity index (χ2n) is 7.01. The van der Waals surface area contributed by atoms with Gasteiger partial charge in [0.2, 0.25) is 5.91 Å². The summed E-state index contributed by atoms with van der Waals surface area (Å²) >= 11 is 0. The summed E-state index contributed by atoms with van der Waals surface area (Å²) in [6.07, 6.45) is 1.83. The predicted molar refractivity (Wildman–Crippen MR) is 91.0 cm³/mol. The van der Waals surface area contributed by atoms with Crippen LogP contribution in [-0.2, 0) is 23.2 Å². The van der Waals surface area contributed by atoms with Crippen LogP contribution >= 0.6 is 0 Å². The van der Waals surface area contributed by atoms with E-state index in [-0.39, 0.29) is 11.3 Å². The summed E-state index contributed by atoms with van der Waals surface area (Å²) < 4.78 is 0. The largest absolute Gasteiger partial charge is 0.369 e. The van der Waals surface area contributed by atoms with E-state index in [1.165, 1.54) is 22.3 Å². The maximum atomic E-state index is 12.2. The molecule has 118 valence electrons. The maximum Gasteiger partial charge on any atom is 0.224 e. The zero-order valence-electron chi connectivity index (χ0n) is 13.4. The molecule has 3 nitrogen and oxygen atoms in total. The van der Waals surface area contributed by atoms with Crippen molar-refractivity contribution in [1.29, 1.82) is 0 Å². The van der Waals surface area contributed by atoms with Gasteiger partial charge in [-0.2, -0.15) is 0 Å². The first-order valence-electron chi connectivity index (χ1n) is 8.27. The molecule has 23 heavy (non-hydrogen) atoms. The standard InChI is InChI=1S/C20H22N2O/c1-19(18(21)23)13-20(19,15-7-3-2-4-8-15)17-9-5-6-14-10-11-22-12-16(14)17/h2-9,22H,10-13H2,1H3,(H2,21,23). The van der Waals surface area contributed by atoms with Crippen molar-refractivity contribution in [2.75, 3.05) is 6.54 Å². The summed E-state index contributed by atoms with van der Waals surface area (Å²) in [5, 5.41) is 3.47. The van der Waals surface area contributed by atoms with Crippen LogP contribution in [0.2, 0.25) is 0 Å². The van der Waals surface area contributed by atoms with E-state index < -0.39 is 5.41 Å². The molecule has 2 aromatic rings. The van der Waals surface area contributed by atoms with Crippen molar-refractivity contribution in [2.24, 2.45) is 11.1 Å². The Morgan fingerprint density at radius 1 is 1.13 bits per heavy atom. The predicted octanol–water partition coefficient (Wildman–Crippen LogP) is 2.51. The van der Waals surface area contributed by atoms with Crippen LogP contribution < -0.4 is 11.1 Å². The third-order valence-corrected chi connectivity index (χ3v) is 5.85. The summed E-state index contributed by atoms with van der Waals surface area (Å²) in [7, 11) is 0. The zero-order chi connectivity index (χ0) is 16.1. The van der Waals surface area contributed by atoms with Gasteiger partial charge in [-0.15, -0.1) is 0 Å². The maximum absolute atomic E-state index is 12.2. The summed E-state index contributed by atoms with van der Waals surface area (Å²) in [5.41, 5.74) is 10.2. The highest BCUT2D eigenvalue weighted by atomic mass is 16.1. The lowest BCUT2D eigenvalue weighted by Crippen LogP contribution is -2.33. The number of hydrogen-bond acceptors (Lipinski definition) is 2. The van der Waals surface area contributed by atoms with E-state index in [9.17, 15) is 4.79 Å². The highest BCUT2D eigenvalue weighted by molar-refractivity contribution is 5.89. The fourth-order valence-electron chi connectivity index (χ4n) is 4.39. The molecule has 3 heteroatoms. The van der Waals surface area contributed by atoms with Crippen molar-refractivity contribution in [3.8, 4) is 0 Å². The van der Waals surface area contributed by atoms with E-state index in [0.29, 0.717) is 0 Å². The molecule has 2 aliphatic rings. The third kappa shape index (κ3) is 1.89. The molecule has 1 fully saturated rings. The number of primary amides is 1. The summed E-state index contributed by atoms with van der Waals surface area (Å²) in [6, 6.07) is 16.9. The fourth-order valence-corrected chi connectivity index (χ4v) is 4.39. The Balaban J connectivity index is 1.95. The SMILES string of the molecule is CC1(C(N)=O)CC1(c1ccccc1)c1cccc2c1CNCC2. The minimum atomic E-state index is -0.513. The van der Waals surface area contributed by atoms with Gasteiger partial charge in [0.05, 0.1) is 5.41 Å². The second kappa shape index (κ2) is 4.93. The van der Waals surface area contributed by atoms with E-state index >= 15 is 0 Å². The summed E-state index contributed by atoms with van der Waals surface area (Å²) in [5.74, 6) is -0.206. The van der Waals surface area contributed by atoms with Gasteiger partial charge in [0, 0.05) is 12.0 Å². The number of benzene rings is 2. The van der Waals surface area contributed by atoms with Crippen LogP contribution in [0.3, 0.4) is 0 Å². The van der Waals surface area contributed by atoms with Crippen molar-refractivity contribution >= 4 is 5.91 Å². The Labute approximate surface area is 136 Å². The normalized spacial score (nSPS) is 28.9. The number of nitrogens with one attached hydrogen (secondary N) is 1.